The van der Waals surface area contributed by atoms with E-state index in [1.807, 2.05) is 16.8 Å². The van der Waals surface area contributed by atoms with E-state index in [-0.39, 0.29) is 16.7 Å². The van der Waals surface area contributed by atoms with Crippen LogP contribution in [0.3, 0.4) is 0 Å². The predicted octanol–water partition coefficient (Wildman–Crippen LogP) is 3.30. The van der Waals surface area contributed by atoms with Crippen LogP contribution in [0.2, 0.25) is 0 Å². The summed E-state index contributed by atoms with van der Waals surface area (Å²) in [6.07, 6.45) is 1.80. The highest BCUT2D eigenvalue weighted by molar-refractivity contribution is 7.89. The van der Waals surface area contributed by atoms with Crippen LogP contribution in [0.5, 0.6) is 0 Å². The monoisotopic (exact) mass is 335 g/mol. The number of nitrogens with zero attached hydrogens (tertiary/aromatic N) is 1. The number of Topliss-reactive ketones (excluding diaryl/α,β-unsaturated/α-hetero) is 1. The molecule has 22 heavy (non-hydrogen) atoms. The van der Waals surface area contributed by atoms with E-state index in [1.54, 1.807) is 33.8 Å². The van der Waals surface area contributed by atoms with E-state index < -0.39 is 10.0 Å². The molecule has 0 saturated heterocycles. The standard InChI is InChI=1S/C16H17NO3S2/c1-12(18)14-3-2-4-16(9-14)22(19,20)17(15-5-6-15)10-13-7-8-21-11-13/h2-4,7-9,11,15H,5-6,10H2,1H3. The van der Waals surface area contributed by atoms with Gasteiger partial charge in [-0.25, -0.2) is 8.42 Å². The number of thiophene rings is 1. The van der Waals surface area contributed by atoms with Crippen molar-refractivity contribution >= 4 is 27.1 Å². The van der Waals surface area contributed by atoms with Gasteiger partial charge in [0.15, 0.2) is 5.78 Å². The van der Waals surface area contributed by atoms with E-state index in [1.165, 1.54) is 13.0 Å². The normalized spacial score (nSPS) is 15.2. The maximum absolute atomic E-state index is 12.9. The summed E-state index contributed by atoms with van der Waals surface area (Å²) in [5, 5.41) is 3.92. The van der Waals surface area contributed by atoms with Crippen molar-refractivity contribution in [2.45, 2.75) is 37.2 Å². The van der Waals surface area contributed by atoms with Crippen LogP contribution >= 0.6 is 11.3 Å². The molecule has 0 radical (unpaired) electrons. The van der Waals surface area contributed by atoms with Crippen LogP contribution in [0.1, 0.15) is 35.7 Å². The zero-order valence-corrected chi connectivity index (χ0v) is 13.9. The summed E-state index contributed by atoms with van der Waals surface area (Å²) >= 11 is 1.56. The average Bonchev–Trinajstić information content (AvgIpc) is 3.20. The molecule has 0 bridgehead atoms. The molecule has 1 aliphatic carbocycles. The maximum atomic E-state index is 12.9. The van der Waals surface area contributed by atoms with Crippen molar-refractivity contribution in [2.24, 2.45) is 0 Å². The quantitative estimate of drug-likeness (QED) is 0.761. The van der Waals surface area contributed by atoms with Crippen molar-refractivity contribution < 1.29 is 13.2 Å². The zero-order chi connectivity index (χ0) is 15.7. The molecule has 1 aromatic carbocycles. The number of hydrogen-bond donors (Lipinski definition) is 0. The third-order valence-electron chi connectivity index (χ3n) is 3.72. The number of carbonyl (C=O) groups excluding carboxylic acids is 1. The summed E-state index contributed by atoms with van der Waals surface area (Å²) in [5.41, 5.74) is 1.43. The van der Waals surface area contributed by atoms with E-state index >= 15 is 0 Å². The maximum Gasteiger partial charge on any atom is 0.243 e. The van der Waals surface area contributed by atoms with Crippen LogP contribution in [0, 0.1) is 0 Å². The Kier molecular flexibility index (Phi) is 4.16. The Hall–Kier alpha value is -1.50. The average molecular weight is 335 g/mol. The van der Waals surface area contributed by atoms with Gasteiger partial charge in [-0.2, -0.15) is 15.6 Å². The minimum Gasteiger partial charge on any atom is -0.295 e. The van der Waals surface area contributed by atoms with Crippen molar-refractivity contribution in [3.05, 3.63) is 52.2 Å². The third-order valence-corrected chi connectivity index (χ3v) is 6.35. The van der Waals surface area contributed by atoms with Gasteiger partial charge in [0.1, 0.15) is 0 Å². The first-order valence-electron chi connectivity index (χ1n) is 7.12. The fraction of sp³-hybridized carbons (Fsp3) is 0.312. The lowest BCUT2D eigenvalue weighted by atomic mass is 10.2. The highest BCUT2D eigenvalue weighted by atomic mass is 32.2. The van der Waals surface area contributed by atoms with Crippen LogP contribution in [-0.2, 0) is 16.6 Å². The largest absolute Gasteiger partial charge is 0.295 e. The SMILES string of the molecule is CC(=O)c1cccc(S(=O)(=O)N(Cc2ccsc2)C2CC2)c1. The van der Waals surface area contributed by atoms with Crippen LogP contribution in [0.4, 0.5) is 0 Å². The smallest absolute Gasteiger partial charge is 0.243 e. The fourth-order valence-electron chi connectivity index (χ4n) is 2.35. The number of hydrogen-bond acceptors (Lipinski definition) is 4. The summed E-state index contributed by atoms with van der Waals surface area (Å²) in [5.74, 6) is -0.132. The first-order valence-corrected chi connectivity index (χ1v) is 9.50. The van der Waals surface area contributed by atoms with Gasteiger partial charge in [-0.15, -0.1) is 0 Å². The predicted molar refractivity (Wildman–Crippen MR) is 86.5 cm³/mol. The Morgan fingerprint density at radius 1 is 1.32 bits per heavy atom. The van der Waals surface area contributed by atoms with Crippen molar-refractivity contribution in [2.75, 3.05) is 0 Å². The highest BCUT2D eigenvalue weighted by Gasteiger charge is 2.38. The van der Waals surface area contributed by atoms with E-state index in [9.17, 15) is 13.2 Å². The Balaban J connectivity index is 1.95. The van der Waals surface area contributed by atoms with Gasteiger partial charge in [0.05, 0.1) is 4.90 Å². The van der Waals surface area contributed by atoms with Crippen LogP contribution in [0.25, 0.3) is 0 Å². The van der Waals surface area contributed by atoms with Crippen molar-refractivity contribution in [1.82, 2.24) is 4.31 Å². The molecule has 0 unspecified atom stereocenters. The van der Waals surface area contributed by atoms with Crippen LogP contribution in [0.15, 0.2) is 46.0 Å². The minimum atomic E-state index is -3.58. The second-order valence-corrected chi connectivity index (χ2v) is 8.17. The van der Waals surface area contributed by atoms with Gasteiger partial charge in [0, 0.05) is 18.2 Å². The summed E-state index contributed by atoms with van der Waals surface area (Å²) in [4.78, 5) is 11.7. The molecule has 1 fully saturated rings. The molecule has 0 N–H and O–H groups in total. The molecule has 2 aromatic rings. The molecule has 0 amide bonds. The molecular formula is C16H17NO3S2. The molecule has 1 heterocycles. The van der Waals surface area contributed by atoms with E-state index in [0.717, 1.165) is 18.4 Å². The number of carbonyl (C=O) groups is 1. The van der Waals surface area contributed by atoms with Gasteiger partial charge in [0.2, 0.25) is 10.0 Å². The van der Waals surface area contributed by atoms with E-state index in [2.05, 4.69) is 0 Å². The third kappa shape index (κ3) is 3.14. The topological polar surface area (TPSA) is 54.5 Å². The van der Waals surface area contributed by atoms with Crippen molar-refractivity contribution in [3.63, 3.8) is 0 Å². The fourth-order valence-corrected chi connectivity index (χ4v) is 4.73. The van der Waals surface area contributed by atoms with Crippen molar-refractivity contribution in [3.8, 4) is 0 Å². The minimum absolute atomic E-state index is 0.0749. The van der Waals surface area contributed by atoms with Gasteiger partial charge in [-0.3, -0.25) is 4.79 Å². The zero-order valence-electron chi connectivity index (χ0n) is 12.2. The van der Waals surface area contributed by atoms with Gasteiger partial charge >= 0.3 is 0 Å². The van der Waals surface area contributed by atoms with E-state index in [0.29, 0.717) is 12.1 Å². The highest BCUT2D eigenvalue weighted by Crippen LogP contribution is 2.34. The summed E-state index contributed by atoms with van der Waals surface area (Å²) in [6, 6.07) is 8.32. The molecule has 1 aliphatic rings. The lowest BCUT2D eigenvalue weighted by molar-refractivity contribution is 0.101. The molecule has 116 valence electrons. The molecule has 1 aromatic heterocycles. The lowest BCUT2D eigenvalue weighted by Gasteiger charge is -2.21. The molecule has 0 spiro atoms. The summed E-state index contributed by atoms with van der Waals surface area (Å²) in [7, 11) is -3.58. The first-order chi connectivity index (χ1) is 10.5. The second-order valence-electron chi connectivity index (χ2n) is 5.50. The van der Waals surface area contributed by atoms with Crippen molar-refractivity contribution in [1.29, 1.82) is 0 Å². The number of ketones is 1. The molecule has 0 atom stereocenters. The molecule has 6 heteroatoms. The Morgan fingerprint density at radius 3 is 2.68 bits per heavy atom. The van der Waals surface area contributed by atoms with E-state index in [4.69, 9.17) is 0 Å². The van der Waals surface area contributed by atoms with Crippen LogP contribution < -0.4 is 0 Å². The lowest BCUT2D eigenvalue weighted by Crippen LogP contribution is -2.32. The van der Waals surface area contributed by atoms with Gasteiger partial charge in [-0.1, -0.05) is 12.1 Å². The number of rotatable bonds is 6. The Labute approximate surface area is 134 Å². The van der Waals surface area contributed by atoms with Crippen LogP contribution in [-0.4, -0.2) is 24.5 Å². The first kappa shape index (κ1) is 15.4. The van der Waals surface area contributed by atoms with Gasteiger partial charge in [-0.05, 0) is 54.3 Å². The number of sulfonamides is 1. The molecule has 1 saturated carbocycles. The number of benzene rings is 1. The van der Waals surface area contributed by atoms with Gasteiger partial charge in [0.25, 0.3) is 0 Å². The molecule has 3 rings (SSSR count). The Morgan fingerprint density at radius 2 is 2.09 bits per heavy atom. The second kappa shape index (κ2) is 5.95. The molecule has 4 nitrogen and oxygen atoms in total. The summed E-state index contributed by atoms with van der Waals surface area (Å²) < 4.78 is 27.4. The van der Waals surface area contributed by atoms with Gasteiger partial charge < -0.3 is 0 Å². The summed E-state index contributed by atoms with van der Waals surface area (Å²) in [6.45, 7) is 1.83. The Bertz CT molecular complexity index is 777. The molecular weight excluding hydrogens is 318 g/mol. The molecule has 0 aliphatic heterocycles.